The molecule has 0 radical (unpaired) electrons. The van der Waals surface area contributed by atoms with Gasteiger partial charge >= 0.3 is 0 Å². The van der Waals surface area contributed by atoms with Crippen LogP contribution in [0.5, 0.6) is 0 Å². The largest absolute Gasteiger partial charge is 0.201 e. The lowest BCUT2D eigenvalue weighted by molar-refractivity contribution is -0.688. The Hall–Kier alpha value is -3.70. The quantitative estimate of drug-likeness (QED) is 0.432. The highest BCUT2D eigenvalue weighted by Gasteiger charge is 2.34. The molecule has 2 heteroatoms. The van der Waals surface area contributed by atoms with Crippen LogP contribution in [0.25, 0.3) is 0 Å². The van der Waals surface area contributed by atoms with Crippen molar-refractivity contribution in [2.75, 3.05) is 0 Å². The van der Waals surface area contributed by atoms with Crippen LogP contribution in [0.1, 0.15) is 22.3 Å². The predicted molar refractivity (Wildman–Crippen MR) is 115 cm³/mol. The summed E-state index contributed by atoms with van der Waals surface area (Å²) in [7, 11) is 0. The summed E-state index contributed by atoms with van der Waals surface area (Å²) in [4.78, 5) is 0. The second-order valence-corrected chi connectivity index (χ2v) is 7.29. The Balaban J connectivity index is 1.66. The molecule has 0 unspecified atom stereocenters. The van der Waals surface area contributed by atoms with Crippen molar-refractivity contribution in [1.29, 1.82) is 5.26 Å². The van der Waals surface area contributed by atoms with E-state index >= 15 is 0 Å². The van der Waals surface area contributed by atoms with Crippen LogP contribution in [-0.2, 0) is 18.4 Å². The number of hydrogen-bond acceptors (Lipinski definition) is 1. The van der Waals surface area contributed by atoms with Gasteiger partial charge in [-0.15, -0.1) is 0 Å². The monoisotopic (exact) mass is 375 g/mol. The summed E-state index contributed by atoms with van der Waals surface area (Å²) in [6.07, 6.45) is 4.82. The van der Waals surface area contributed by atoms with Gasteiger partial charge in [0.2, 0.25) is 0 Å². The highest BCUT2D eigenvalue weighted by Crippen LogP contribution is 2.35. The maximum absolute atomic E-state index is 10.3. The lowest BCUT2D eigenvalue weighted by Gasteiger charge is -2.28. The molecule has 0 amide bonds. The topological polar surface area (TPSA) is 27.7 Å². The Morgan fingerprint density at radius 2 is 1.10 bits per heavy atom. The molecule has 0 aliphatic carbocycles. The van der Waals surface area contributed by atoms with Gasteiger partial charge in [-0.3, -0.25) is 0 Å². The molecule has 0 fully saturated rings. The van der Waals surface area contributed by atoms with Gasteiger partial charge in [0.1, 0.15) is 5.41 Å². The fraction of sp³-hybridized carbons (Fsp3) is 0.111. The highest BCUT2D eigenvalue weighted by molar-refractivity contribution is 5.47. The Bertz CT molecular complexity index is 1040. The summed E-state index contributed by atoms with van der Waals surface area (Å²) in [5.41, 5.74) is 3.74. The maximum atomic E-state index is 10.3. The van der Waals surface area contributed by atoms with E-state index in [-0.39, 0.29) is 0 Å². The van der Waals surface area contributed by atoms with E-state index in [0.717, 1.165) is 23.2 Å². The molecule has 29 heavy (non-hydrogen) atoms. The third-order valence-corrected chi connectivity index (χ3v) is 5.36. The molecule has 0 aliphatic heterocycles. The van der Waals surface area contributed by atoms with E-state index in [1.165, 1.54) is 5.56 Å². The number of rotatable bonds is 6. The summed E-state index contributed by atoms with van der Waals surface area (Å²) >= 11 is 0. The first-order chi connectivity index (χ1) is 14.3. The van der Waals surface area contributed by atoms with Crippen molar-refractivity contribution in [2.45, 2.75) is 18.4 Å². The van der Waals surface area contributed by atoms with E-state index in [0.29, 0.717) is 6.42 Å². The van der Waals surface area contributed by atoms with E-state index in [2.05, 4.69) is 83.7 Å². The van der Waals surface area contributed by atoms with Gasteiger partial charge in [-0.2, -0.15) is 5.26 Å². The van der Waals surface area contributed by atoms with Crippen molar-refractivity contribution in [3.05, 3.63) is 138 Å². The summed E-state index contributed by atoms with van der Waals surface area (Å²) in [5, 5.41) is 10.3. The molecule has 4 rings (SSSR count). The average molecular weight is 375 g/mol. The molecule has 3 aromatic carbocycles. The molecule has 0 atom stereocenters. The smallest absolute Gasteiger partial charge is 0.173 e. The van der Waals surface area contributed by atoms with Crippen molar-refractivity contribution in [1.82, 2.24) is 0 Å². The first-order valence-electron chi connectivity index (χ1n) is 9.84. The fourth-order valence-corrected chi connectivity index (χ4v) is 3.80. The van der Waals surface area contributed by atoms with Gasteiger partial charge in [0.05, 0.1) is 6.07 Å². The average Bonchev–Trinajstić information content (AvgIpc) is 2.80. The molecule has 140 valence electrons. The first kappa shape index (κ1) is 18.7. The molecule has 1 aromatic heterocycles. The van der Waals surface area contributed by atoms with E-state index in [1.54, 1.807) is 0 Å². The van der Waals surface area contributed by atoms with E-state index < -0.39 is 5.41 Å². The van der Waals surface area contributed by atoms with Crippen LogP contribution in [0.4, 0.5) is 0 Å². The van der Waals surface area contributed by atoms with Crippen molar-refractivity contribution in [3.63, 3.8) is 0 Å². The van der Waals surface area contributed by atoms with Gasteiger partial charge in [-0.05, 0) is 23.1 Å². The molecule has 0 saturated carbocycles. The third kappa shape index (κ3) is 4.10. The van der Waals surface area contributed by atoms with Crippen LogP contribution < -0.4 is 4.57 Å². The number of pyridine rings is 1. The van der Waals surface area contributed by atoms with Crippen LogP contribution in [0, 0.1) is 11.3 Å². The molecular weight excluding hydrogens is 352 g/mol. The number of aromatic nitrogens is 1. The van der Waals surface area contributed by atoms with Gasteiger partial charge < -0.3 is 0 Å². The van der Waals surface area contributed by atoms with E-state index in [1.807, 2.05) is 42.5 Å². The number of hydrogen-bond donors (Lipinski definition) is 0. The summed E-state index contributed by atoms with van der Waals surface area (Å²) in [5.74, 6) is 0. The normalized spacial score (nSPS) is 11.0. The van der Waals surface area contributed by atoms with Crippen molar-refractivity contribution < 1.29 is 4.57 Å². The van der Waals surface area contributed by atoms with E-state index in [9.17, 15) is 5.26 Å². The molecule has 0 N–H and O–H groups in total. The van der Waals surface area contributed by atoms with Gasteiger partial charge in [-0.25, -0.2) is 4.57 Å². The van der Waals surface area contributed by atoms with Crippen molar-refractivity contribution in [2.24, 2.45) is 0 Å². The van der Waals surface area contributed by atoms with Crippen molar-refractivity contribution >= 4 is 0 Å². The zero-order valence-electron chi connectivity index (χ0n) is 16.3. The Labute approximate surface area is 172 Å². The Morgan fingerprint density at radius 3 is 1.59 bits per heavy atom. The predicted octanol–water partition coefficient (Wildman–Crippen LogP) is 5.07. The summed E-state index contributed by atoms with van der Waals surface area (Å²) < 4.78 is 2.16. The molecule has 4 aromatic rings. The fourth-order valence-electron chi connectivity index (χ4n) is 3.80. The van der Waals surface area contributed by atoms with Gasteiger partial charge in [0, 0.05) is 17.7 Å². The minimum Gasteiger partial charge on any atom is -0.201 e. The molecule has 0 bridgehead atoms. The van der Waals surface area contributed by atoms with Crippen LogP contribution in [-0.4, -0.2) is 0 Å². The summed E-state index contributed by atoms with van der Waals surface area (Å²) in [6, 6.07) is 37.5. The lowest BCUT2D eigenvalue weighted by Crippen LogP contribution is -2.34. The second-order valence-electron chi connectivity index (χ2n) is 7.29. The van der Waals surface area contributed by atoms with Gasteiger partial charge in [0.15, 0.2) is 18.9 Å². The van der Waals surface area contributed by atoms with Gasteiger partial charge in [0.25, 0.3) is 0 Å². The molecule has 1 heterocycles. The SMILES string of the molecule is N#CC(Cc1cc[n+](Cc2ccccc2)cc1)(c1ccccc1)c1ccccc1. The van der Waals surface area contributed by atoms with E-state index in [4.69, 9.17) is 0 Å². The standard InChI is InChI=1S/C27H23N2/c28-22-27(25-12-6-2-7-13-25,26-14-8-3-9-15-26)20-23-16-18-29(19-17-23)21-24-10-4-1-5-11-24/h1-19H,20-21H2/q+1. The summed E-state index contributed by atoms with van der Waals surface area (Å²) in [6.45, 7) is 0.835. The maximum Gasteiger partial charge on any atom is 0.173 e. The first-order valence-corrected chi connectivity index (χ1v) is 9.84. The zero-order chi connectivity index (χ0) is 19.9. The molecule has 0 saturated heterocycles. The second kappa shape index (κ2) is 8.54. The molecule has 0 aliphatic rings. The zero-order valence-corrected chi connectivity index (χ0v) is 16.3. The van der Waals surface area contributed by atoms with Crippen molar-refractivity contribution in [3.8, 4) is 6.07 Å². The van der Waals surface area contributed by atoms with Crippen LogP contribution in [0.3, 0.4) is 0 Å². The molecule has 2 nitrogen and oxygen atoms in total. The van der Waals surface area contributed by atoms with Crippen LogP contribution in [0.15, 0.2) is 116 Å². The minimum atomic E-state index is -0.714. The minimum absolute atomic E-state index is 0.629. The number of nitrogens with zero attached hydrogens (tertiary/aromatic N) is 2. The van der Waals surface area contributed by atoms with Crippen LogP contribution in [0.2, 0.25) is 0 Å². The lowest BCUT2D eigenvalue weighted by atomic mass is 9.72. The Kier molecular flexibility index (Phi) is 5.49. The molecular formula is C27H23N2+. The highest BCUT2D eigenvalue weighted by atomic mass is 14.9. The van der Waals surface area contributed by atoms with Gasteiger partial charge in [-0.1, -0.05) is 91.0 Å². The number of nitriles is 1. The number of benzene rings is 3. The van der Waals surface area contributed by atoms with Crippen LogP contribution >= 0.6 is 0 Å². The molecule has 0 spiro atoms. The Morgan fingerprint density at radius 1 is 0.621 bits per heavy atom. The third-order valence-electron chi connectivity index (χ3n) is 5.36.